The molecule has 3 nitrogen and oxygen atoms in total. The van der Waals surface area contributed by atoms with Crippen molar-refractivity contribution in [3.05, 3.63) is 0 Å². The molecule has 0 aromatic carbocycles. The van der Waals surface area contributed by atoms with Crippen LogP contribution in [0.4, 0.5) is 0 Å². The maximum Gasteiger partial charge on any atom is 0.219 e. The van der Waals surface area contributed by atoms with Crippen molar-refractivity contribution in [1.29, 1.82) is 0 Å². The van der Waals surface area contributed by atoms with Crippen molar-refractivity contribution >= 4 is 5.91 Å². The smallest absolute Gasteiger partial charge is 0.219 e. The summed E-state index contributed by atoms with van der Waals surface area (Å²) in [5, 5.41) is 3.18. The van der Waals surface area contributed by atoms with Gasteiger partial charge in [-0.05, 0) is 32.4 Å². The van der Waals surface area contributed by atoms with Crippen molar-refractivity contribution in [1.82, 2.24) is 10.2 Å². The number of rotatable bonds is 2. The maximum atomic E-state index is 11.0. The third kappa shape index (κ3) is 2.48. The lowest BCUT2D eigenvalue weighted by Crippen LogP contribution is -2.39. The molecule has 72 valence electrons. The van der Waals surface area contributed by atoms with Gasteiger partial charge in [-0.1, -0.05) is 0 Å². The van der Waals surface area contributed by atoms with E-state index in [1.165, 1.54) is 0 Å². The van der Waals surface area contributed by atoms with Gasteiger partial charge in [-0.3, -0.25) is 4.79 Å². The molecule has 1 aliphatic heterocycles. The Hall–Kier alpha value is -0.570. The van der Waals surface area contributed by atoms with E-state index in [4.69, 9.17) is 0 Å². The summed E-state index contributed by atoms with van der Waals surface area (Å²) < 4.78 is 0. The first-order chi connectivity index (χ1) is 5.74. The highest BCUT2D eigenvalue weighted by Crippen LogP contribution is 2.15. The van der Waals surface area contributed by atoms with Gasteiger partial charge in [0, 0.05) is 21.4 Å². The van der Waals surface area contributed by atoms with Gasteiger partial charge in [0.05, 0.1) is 0 Å². The van der Waals surface area contributed by atoms with Gasteiger partial charge in [0.1, 0.15) is 0 Å². The van der Waals surface area contributed by atoms with E-state index in [-0.39, 0.29) is 7.33 Å². The van der Waals surface area contributed by atoms with E-state index >= 15 is 0 Å². The highest BCUT2D eigenvalue weighted by atomic mass is 16.2. The van der Waals surface area contributed by atoms with Crippen molar-refractivity contribution < 1.29 is 6.22 Å². The van der Waals surface area contributed by atoms with Gasteiger partial charge in [-0.15, -0.1) is 0 Å². The fourth-order valence-corrected chi connectivity index (χ4v) is 1.74. The molecule has 0 aliphatic carbocycles. The van der Waals surface area contributed by atoms with E-state index in [1.54, 1.807) is 6.92 Å². The number of carbonyl (C=O) groups excluding carboxylic acids is 1. The third-order valence-corrected chi connectivity index (χ3v) is 2.55. The Kier molecular flexibility index (Phi) is 3.53. The summed E-state index contributed by atoms with van der Waals surface area (Å²) in [5.41, 5.74) is 0. The van der Waals surface area contributed by atoms with Crippen LogP contribution in [-0.4, -0.2) is 37.5 Å². The Balaban J connectivity index is 0.00000144. The molecule has 1 heterocycles. The lowest BCUT2D eigenvalue weighted by molar-refractivity contribution is -0.130. The van der Waals surface area contributed by atoms with Gasteiger partial charge in [-0.25, -0.2) is 0 Å². The van der Waals surface area contributed by atoms with E-state index in [1.807, 2.05) is 11.9 Å². The lowest BCUT2D eigenvalue weighted by Gasteiger charge is -2.31. The van der Waals surface area contributed by atoms with Crippen LogP contribution in [0.25, 0.3) is 0 Å². The number of amides is 1. The van der Waals surface area contributed by atoms with Crippen LogP contribution in [0.3, 0.4) is 0 Å². The van der Waals surface area contributed by atoms with Crippen LogP contribution in [0.5, 0.6) is 0 Å². The van der Waals surface area contributed by atoms with Gasteiger partial charge in [0.2, 0.25) is 5.91 Å². The number of piperidine rings is 1. The summed E-state index contributed by atoms with van der Waals surface area (Å²) >= 11 is 0. The Morgan fingerprint density at radius 1 is 1.58 bits per heavy atom. The Labute approximate surface area is 75.6 Å². The molecule has 0 spiro atoms. The molecule has 0 aromatic heterocycles. The molecule has 1 fully saturated rings. The molecular weight excluding hydrogens is 152 g/mol. The summed E-state index contributed by atoms with van der Waals surface area (Å²) in [7, 11) is 1.98. The number of hydrogen-bond acceptors (Lipinski definition) is 2. The Morgan fingerprint density at radius 3 is 2.58 bits per heavy atom. The monoisotopic (exact) mass is 172 g/mol. The lowest BCUT2D eigenvalue weighted by atomic mass is 9.97. The summed E-state index contributed by atoms with van der Waals surface area (Å²) in [6, 6.07) is 0. The zero-order valence-corrected chi connectivity index (χ0v) is 7.97. The van der Waals surface area contributed by atoms with Gasteiger partial charge in [-0.2, -0.15) is 0 Å². The SMILES string of the molecule is CNCC1CCN(C(C)=O)CC1.[HH]. The van der Waals surface area contributed by atoms with E-state index in [2.05, 4.69) is 5.32 Å². The van der Waals surface area contributed by atoms with Crippen molar-refractivity contribution in [3.8, 4) is 0 Å². The number of nitrogens with one attached hydrogen (secondary N) is 1. The first-order valence-corrected chi connectivity index (χ1v) is 4.64. The van der Waals surface area contributed by atoms with Crippen molar-refractivity contribution in [2.24, 2.45) is 5.92 Å². The van der Waals surface area contributed by atoms with E-state index < -0.39 is 0 Å². The van der Waals surface area contributed by atoms with Gasteiger partial charge in [0.25, 0.3) is 0 Å². The van der Waals surface area contributed by atoms with Gasteiger partial charge >= 0.3 is 0 Å². The third-order valence-electron chi connectivity index (χ3n) is 2.55. The van der Waals surface area contributed by atoms with Gasteiger partial charge in [0.15, 0.2) is 0 Å². The second-order valence-corrected chi connectivity index (χ2v) is 3.51. The van der Waals surface area contributed by atoms with Crippen LogP contribution in [0, 0.1) is 5.92 Å². The predicted octanol–water partition coefficient (Wildman–Crippen LogP) is 0.710. The van der Waals surface area contributed by atoms with Crippen LogP contribution in [0.15, 0.2) is 0 Å². The molecule has 12 heavy (non-hydrogen) atoms. The van der Waals surface area contributed by atoms with Crippen LogP contribution in [-0.2, 0) is 4.79 Å². The molecular formula is C9H20N2O. The predicted molar refractivity (Wildman–Crippen MR) is 51.0 cm³/mol. The van der Waals surface area contributed by atoms with Gasteiger partial charge < -0.3 is 10.2 Å². The van der Waals surface area contributed by atoms with Crippen LogP contribution < -0.4 is 5.32 Å². The fourth-order valence-electron chi connectivity index (χ4n) is 1.74. The standard InChI is InChI=1S/C9H18N2O.H2/c1-8(12)11-5-3-9(4-6-11)7-10-2;/h9-10H,3-7H2,1-2H3;1H. The second kappa shape index (κ2) is 4.45. The molecule has 1 aliphatic rings. The summed E-state index contributed by atoms with van der Waals surface area (Å²) in [6.45, 7) is 4.63. The van der Waals surface area contributed by atoms with E-state index in [0.29, 0.717) is 0 Å². The molecule has 0 aromatic rings. The van der Waals surface area contributed by atoms with Crippen molar-refractivity contribution in [2.75, 3.05) is 26.7 Å². The minimum absolute atomic E-state index is 0. The minimum Gasteiger partial charge on any atom is -0.343 e. The molecule has 0 bridgehead atoms. The molecule has 0 unspecified atom stereocenters. The zero-order valence-electron chi connectivity index (χ0n) is 7.97. The Bertz CT molecular complexity index is 156. The second-order valence-electron chi connectivity index (χ2n) is 3.51. The quantitative estimate of drug-likeness (QED) is 0.665. The molecule has 0 radical (unpaired) electrons. The van der Waals surface area contributed by atoms with Crippen LogP contribution >= 0.6 is 0 Å². The minimum atomic E-state index is 0. The maximum absolute atomic E-state index is 11.0. The van der Waals surface area contributed by atoms with Crippen LogP contribution in [0.1, 0.15) is 21.2 Å². The van der Waals surface area contributed by atoms with Crippen molar-refractivity contribution in [3.63, 3.8) is 0 Å². The molecule has 1 rings (SSSR count). The average molecular weight is 172 g/mol. The first-order valence-electron chi connectivity index (χ1n) is 4.64. The normalized spacial score (nSPS) is 19.7. The summed E-state index contributed by atoms with van der Waals surface area (Å²) in [4.78, 5) is 12.9. The summed E-state index contributed by atoms with van der Waals surface area (Å²) in [6.07, 6.45) is 2.31. The molecule has 0 saturated carbocycles. The summed E-state index contributed by atoms with van der Waals surface area (Å²) in [5.74, 6) is 0.989. The number of carbonyl (C=O) groups is 1. The number of nitrogens with zero attached hydrogens (tertiary/aromatic N) is 1. The zero-order chi connectivity index (χ0) is 8.97. The number of hydrogen-bond donors (Lipinski definition) is 1. The topological polar surface area (TPSA) is 32.3 Å². The molecule has 1 N–H and O–H groups in total. The highest BCUT2D eigenvalue weighted by Gasteiger charge is 2.19. The highest BCUT2D eigenvalue weighted by molar-refractivity contribution is 5.73. The first kappa shape index (κ1) is 9.52. The van der Waals surface area contributed by atoms with Crippen LogP contribution in [0.2, 0.25) is 0 Å². The fraction of sp³-hybridized carbons (Fsp3) is 0.889. The largest absolute Gasteiger partial charge is 0.343 e. The average Bonchev–Trinajstić information content (AvgIpc) is 2.06. The van der Waals surface area contributed by atoms with E-state index in [9.17, 15) is 4.79 Å². The molecule has 3 heteroatoms. The van der Waals surface area contributed by atoms with E-state index in [0.717, 1.165) is 38.4 Å². The molecule has 0 atom stereocenters. The molecule has 1 amide bonds. The number of likely N-dealkylation sites (tertiary alicyclic amines) is 1. The van der Waals surface area contributed by atoms with Crippen molar-refractivity contribution in [2.45, 2.75) is 19.8 Å². The Morgan fingerprint density at radius 2 is 2.17 bits per heavy atom. The molecule has 1 saturated heterocycles.